The fourth-order valence-electron chi connectivity index (χ4n) is 3.33. The molecule has 1 fully saturated rings. The lowest BCUT2D eigenvalue weighted by Crippen LogP contribution is -2.20. The normalized spacial score (nSPS) is 15.0. The highest BCUT2D eigenvalue weighted by Crippen LogP contribution is 2.31. The molecule has 1 aromatic carbocycles. The number of rotatable bonds is 7. The summed E-state index contributed by atoms with van der Waals surface area (Å²) in [4.78, 5) is 19.5. The summed E-state index contributed by atoms with van der Waals surface area (Å²) in [6, 6.07) is 7.73. The summed E-state index contributed by atoms with van der Waals surface area (Å²) in [5.41, 5.74) is 0.872. The Balaban J connectivity index is 1.74. The molecule has 0 bridgehead atoms. The highest BCUT2D eigenvalue weighted by atomic mass is 16.6. The molecule has 1 saturated carbocycles. The fraction of sp³-hybridized carbons (Fsp3) is 0.474. The largest absolute Gasteiger partial charge is 0.497 e. The molecule has 0 atom stereocenters. The van der Waals surface area contributed by atoms with Crippen LogP contribution in [0.4, 0.5) is 17.3 Å². The molecule has 0 saturated heterocycles. The van der Waals surface area contributed by atoms with E-state index in [4.69, 9.17) is 4.74 Å². The molecule has 8 nitrogen and oxygen atoms in total. The molecular formula is C19H25N5O3. The number of nitro groups is 1. The molecule has 2 N–H and O–H groups in total. The number of benzene rings is 1. The Morgan fingerprint density at radius 1 is 1.11 bits per heavy atom. The van der Waals surface area contributed by atoms with Crippen molar-refractivity contribution >= 4 is 17.3 Å². The summed E-state index contributed by atoms with van der Waals surface area (Å²) >= 11 is 0. The zero-order valence-electron chi connectivity index (χ0n) is 15.5. The summed E-state index contributed by atoms with van der Waals surface area (Å²) in [7, 11) is 1.61. The topological polar surface area (TPSA) is 102 Å². The van der Waals surface area contributed by atoms with Gasteiger partial charge in [-0.25, -0.2) is 9.97 Å². The maximum atomic E-state index is 11.7. The Hall–Kier alpha value is -2.90. The standard InChI is InChI=1S/C19H25N5O3/c1-27-16-10-8-14(9-11-16)12-20-18-17(24(25)26)19(22-13-21-18)23-15-6-4-2-3-5-7-15/h8-11,13,15H,2-7,12H2,1H3,(H2,20,21,22,23). The van der Waals surface area contributed by atoms with Crippen molar-refractivity contribution in [2.24, 2.45) is 0 Å². The predicted octanol–water partition coefficient (Wildman–Crippen LogP) is 4.14. The molecule has 8 heteroatoms. The number of ether oxygens (including phenoxy) is 1. The summed E-state index contributed by atoms with van der Waals surface area (Å²) < 4.78 is 5.14. The smallest absolute Gasteiger partial charge is 0.353 e. The van der Waals surface area contributed by atoms with Gasteiger partial charge in [-0.05, 0) is 30.5 Å². The van der Waals surface area contributed by atoms with E-state index >= 15 is 0 Å². The number of nitrogens with one attached hydrogen (secondary N) is 2. The van der Waals surface area contributed by atoms with Crippen LogP contribution in [0, 0.1) is 10.1 Å². The summed E-state index contributed by atoms with van der Waals surface area (Å²) in [5.74, 6) is 1.28. The van der Waals surface area contributed by atoms with Gasteiger partial charge in [-0.2, -0.15) is 0 Å². The van der Waals surface area contributed by atoms with Crippen molar-refractivity contribution < 1.29 is 9.66 Å². The van der Waals surface area contributed by atoms with Crippen LogP contribution in [-0.4, -0.2) is 28.0 Å². The predicted molar refractivity (Wildman–Crippen MR) is 104 cm³/mol. The van der Waals surface area contributed by atoms with Gasteiger partial charge in [-0.1, -0.05) is 37.8 Å². The van der Waals surface area contributed by atoms with E-state index in [-0.39, 0.29) is 17.5 Å². The maximum absolute atomic E-state index is 11.7. The minimum Gasteiger partial charge on any atom is -0.497 e. The Morgan fingerprint density at radius 2 is 1.78 bits per heavy atom. The molecule has 2 aromatic rings. The minimum absolute atomic E-state index is 0.102. The van der Waals surface area contributed by atoms with Crippen molar-refractivity contribution in [2.45, 2.75) is 51.1 Å². The van der Waals surface area contributed by atoms with Gasteiger partial charge in [0.05, 0.1) is 12.0 Å². The quantitative estimate of drug-likeness (QED) is 0.428. The lowest BCUT2D eigenvalue weighted by atomic mass is 10.1. The van der Waals surface area contributed by atoms with Gasteiger partial charge in [0.1, 0.15) is 12.1 Å². The van der Waals surface area contributed by atoms with Crippen LogP contribution >= 0.6 is 0 Å². The zero-order chi connectivity index (χ0) is 19.1. The van der Waals surface area contributed by atoms with E-state index in [1.54, 1.807) is 7.11 Å². The average molecular weight is 371 g/mol. The molecule has 0 aliphatic heterocycles. The van der Waals surface area contributed by atoms with E-state index in [0.29, 0.717) is 12.4 Å². The second-order valence-corrected chi connectivity index (χ2v) is 6.71. The van der Waals surface area contributed by atoms with E-state index in [0.717, 1.165) is 37.0 Å². The van der Waals surface area contributed by atoms with Gasteiger partial charge in [0.15, 0.2) is 0 Å². The van der Waals surface area contributed by atoms with Crippen LogP contribution in [-0.2, 0) is 6.54 Å². The van der Waals surface area contributed by atoms with Crippen molar-refractivity contribution in [2.75, 3.05) is 17.7 Å². The third kappa shape index (κ3) is 5.06. The van der Waals surface area contributed by atoms with Crippen molar-refractivity contribution in [1.29, 1.82) is 0 Å². The zero-order valence-corrected chi connectivity index (χ0v) is 15.5. The fourth-order valence-corrected chi connectivity index (χ4v) is 3.33. The van der Waals surface area contributed by atoms with Gasteiger partial charge in [0, 0.05) is 12.6 Å². The van der Waals surface area contributed by atoms with Crippen LogP contribution in [0.5, 0.6) is 5.75 Å². The van der Waals surface area contributed by atoms with Crippen molar-refractivity contribution in [3.05, 3.63) is 46.3 Å². The summed E-state index contributed by atoms with van der Waals surface area (Å²) in [5, 5.41) is 18.0. The van der Waals surface area contributed by atoms with Crippen LogP contribution in [0.15, 0.2) is 30.6 Å². The van der Waals surface area contributed by atoms with Crippen LogP contribution in [0.2, 0.25) is 0 Å². The SMILES string of the molecule is COc1ccc(CNc2ncnc(NC3CCCCCC3)c2[N+](=O)[O-])cc1. The molecule has 1 heterocycles. The first-order valence-electron chi connectivity index (χ1n) is 9.30. The second kappa shape index (κ2) is 9.16. The number of hydrogen-bond donors (Lipinski definition) is 2. The lowest BCUT2D eigenvalue weighted by molar-refractivity contribution is -0.383. The molecule has 0 unspecified atom stereocenters. The van der Waals surface area contributed by atoms with Crippen molar-refractivity contribution in [3.63, 3.8) is 0 Å². The van der Waals surface area contributed by atoms with Crippen molar-refractivity contribution in [1.82, 2.24) is 9.97 Å². The highest BCUT2D eigenvalue weighted by Gasteiger charge is 2.25. The molecule has 1 aromatic heterocycles. The summed E-state index contributed by atoms with van der Waals surface area (Å²) in [6.45, 7) is 0.421. The van der Waals surface area contributed by atoms with Gasteiger partial charge >= 0.3 is 5.69 Å². The van der Waals surface area contributed by atoms with Gasteiger partial charge in [-0.15, -0.1) is 0 Å². The molecule has 0 radical (unpaired) electrons. The molecule has 27 heavy (non-hydrogen) atoms. The molecule has 3 rings (SSSR count). The van der Waals surface area contributed by atoms with Gasteiger partial charge in [0.25, 0.3) is 0 Å². The number of methoxy groups -OCH3 is 1. The van der Waals surface area contributed by atoms with E-state index in [2.05, 4.69) is 20.6 Å². The third-order valence-corrected chi connectivity index (χ3v) is 4.82. The highest BCUT2D eigenvalue weighted by molar-refractivity contribution is 5.69. The van der Waals surface area contributed by atoms with Crippen LogP contribution in [0.3, 0.4) is 0 Å². The number of aromatic nitrogens is 2. The van der Waals surface area contributed by atoms with E-state index in [1.807, 2.05) is 24.3 Å². The molecule has 0 spiro atoms. The third-order valence-electron chi connectivity index (χ3n) is 4.82. The molecule has 0 amide bonds. The average Bonchev–Trinajstić information content (AvgIpc) is 2.95. The Bertz CT molecular complexity index is 758. The second-order valence-electron chi connectivity index (χ2n) is 6.71. The van der Waals surface area contributed by atoms with Gasteiger partial charge in [-0.3, -0.25) is 10.1 Å². The molecule has 1 aliphatic carbocycles. The summed E-state index contributed by atoms with van der Waals surface area (Å²) in [6.07, 6.45) is 8.10. The molecule has 144 valence electrons. The Morgan fingerprint density at radius 3 is 2.41 bits per heavy atom. The van der Waals surface area contributed by atoms with Crippen molar-refractivity contribution in [3.8, 4) is 5.75 Å². The number of nitrogens with zero attached hydrogens (tertiary/aromatic N) is 3. The maximum Gasteiger partial charge on any atom is 0.353 e. The molecular weight excluding hydrogens is 346 g/mol. The van der Waals surface area contributed by atoms with Crippen LogP contribution < -0.4 is 15.4 Å². The Kier molecular flexibility index (Phi) is 6.40. The monoisotopic (exact) mass is 371 g/mol. The van der Waals surface area contributed by atoms with Gasteiger partial charge < -0.3 is 15.4 Å². The molecule has 1 aliphatic rings. The van der Waals surface area contributed by atoms with Crippen LogP contribution in [0.1, 0.15) is 44.1 Å². The minimum atomic E-state index is -0.421. The van der Waals surface area contributed by atoms with E-state index < -0.39 is 4.92 Å². The van der Waals surface area contributed by atoms with E-state index in [1.165, 1.54) is 19.2 Å². The lowest BCUT2D eigenvalue weighted by Gasteiger charge is -2.17. The van der Waals surface area contributed by atoms with Crippen LogP contribution in [0.25, 0.3) is 0 Å². The first kappa shape index (κ1) is 18.9. The number of anilines is 2. The first-order valence-corrected chi connectivity index (χ1v) is 9.30. The first-order chi connectivity index (χ1) is 13.2. The van der Waals surface area contributed by atoms with E-state index in [9.17, 15) is 10.1 Å². The number of hydrogen-bond acceptors (Lipinski definition) is 7. The Labute approximate surface area is 158 Å². The van der Waals surface area contributed by atoms with Gasteiger partial charge in [0.2, 0.25) is 11.6 Å².